The van der Waals surface area contributed by atoms with Crippen molar-refractivity contribution >= 4 is 81.3 Å². The molecule has 11 aromatic rings. The maximum Gasteiger partial charge on any atom is 0.159 e. The Bertz CT molecular complexity index is 3180. The van der Waals surface area contributed by atoms with Crippen molar-refractivity contribution in [1.29, 1.82) is 0 Å². The number of benzene rings is 9. The lowest BCUT2D eigenvalue weighted by atomic mass is 9.99. The molecule has 0 atom stereocenters. The molecule has 55 heavy (non-hydrogen) atoms. The summed E-state index contributed by atoms with van der Waals surface area (Å²) in [5.74, 6) is 0. The Kier molecular flexibility index (Phi) is 7.39. The summed E-state index contributed by atoms with van der Waals surface area (Å²) in [6, 6.07) is 72.1. The third kappa shape index (κ3) is 5.40. The zero-order valence-electron chi connectivity index (χ0n) is 29.8. The van der Waals surface area contributed by atoms with Crippen LogP contribution in [0.5, 0.6) is 0 Å². The second kappa shape index (κ2) is 12.9. The summed E-state index contributed by atoms with van der Waals surface area (Å²) >= 11 is 1.87. The van der Waals surface area contributed by atoms with E-state index in [1.807, 2.05) is 11.3 Å². The van der Waals surface area contributed by atoms with Crippen LogP contribution < -0.4 is 4.90 Å². The van der Waals surface area contributed by atoms with E-state index in [4.69, 9.17) is 4.42 Å². The summed E-state index contributed by atoms with van der Waals surface area (Å²) in [5.41, 5.74) is 11.9. The molecule has 258 valence electrons. The van der Waals surface area contributed by atoms with Crippen LogP contribution in [0.4, 0.5) is 17.1 Å². The van der Waals surface area contributed by atoms with Gasteiger partial charge in [-0.05, 0) is 98.8 Å². The molecule has 2 heterocycles. The molecule has 0 aliphatic carbocycles. The average Bonchev–Trinajstić information content (AvgIpc) is 3.82. The maximum atomic E-state index is 6.93. The normalized spacial score (nSPS) is 11.6. The maximum absolute atomic E-state index is 6.93. The highest BCUT2D eigenvalue weighted by Crippen LogP contribution is 2.46. The second-order valence-electron chi connectivity index (χ2n) is 14.1. The molecule has 0 bridgehead atoms. The van der Waals surface area contributed by atoms with Gasteiger partial charge in [-0.25, -0.2) is 0 Å². The number of furan rings is 1. The Hall–Kier alpha value is -6.94. The number of hydrogen-bond donors (Lipinski definition) is 0. The standard InChI is InChI=1S/C52H33NOS/c1-3-12-34(13-4-1)36-22-26-41(27-23-36)53(42-28-24-37(25-29-42)43-19-11-20-45-44-18-9-10-21-50(44)55-52(43)45)48-32-40(35-14-5-2-6-15-35)31-47-46-30-38-16-7-8-17-39(38)33-49(46)54-51(47)48/h1-33H. The molecule has 0 saturated carbocycles. The lowest BCUT2D eigenvalue weighted by Crippen LogP contribution is -2.10. The van der Waals surface area contributed by atoms with Gasteiger partial charge in [-0.3, -0.25) is 0 Å². The summed E-state index contributed by atoms with van der Waals surface area (Å²) in [6.07, 6.45) is 0. The molecule has 0 radical (unpaired) electrons. The van der Waals surface area contributed by atoms with Crippen molar-refractivity contribution in [2.45, 2.75) is 0 Å². The van der Waals surface area contributed by atoms with Crippen LogP contribution in [0.2, 0.25) is 0 Å². The van der Waals surface area contributed by atoms with Gasteiger partial charge in [-0.15, -0.1) is 11.3 Å². The first-order valence-electron chi connectivity index (χ1n) is 18.7. The first-order valence-corrected chi connectivity index (χ1v) is 19.5. The average molecular weight is 720 g/mol. The third-order valence-corrected chi connectivity index (χ3v) is 12.1. The Labute approximate surface area is 322 Å². The molecule has 3 heteroatoms. The van der Waals surface area contributed by atoms with Gasteiger partial charge in [0, 0.05) is 42.3 Å². The number of anilines is 3. The summed E-state index contributed by atoms with van der Waals surface area (Å²) in [6.45, 7) is 0. The quantitative estimate of drug-likeness (QED) is 0.170. The van der Waals surface area contributed by atoms with E-state index in [-0.39, 0.29) is 0 Å². The molecule has 2 nitrogen and oxygen atoms in total. The minimum absolute atomic E-state index is 0.858. The molecule has 11 rings (SSSR count). The van der Waals surface area contributed by atoms with Crippen LogP contribution in [0.25, 0.3) is 86.3 Å². The van der Waals surface area contributed by atoms with E-state index < -0.39 is 0 Å². The summed E-state index contributed by atoms with van der Waals surface area (Å²) in [5, 5.41) is 7.18. The molecule has 0 N–H and O–H groups in total. The van der Waals surface area contributed by atoms with Gasteiger partial charge in [-0.1, -0.05) is 146 Å². The molecular weight excluding hydrogens is 687 g/mol. The smallest absolute Gasteiger partial charge is 0.159 e. The van der Waals surface area contributed by atoms with Crippen molar-refractivity contribution in [2.24, 2.45) is 0 Å². The zero-order chi connectivity index (χ0) is 36.3. The molecule has 0 fully saturated rings. The van der Waals surface area contributed by atoms with E-state index in [0.29, 0.717) is 0 Å². The Morgan fingerprint density at radius 2 is 0.964 bits per heavy atom. The number of fused-ring (bicyclic) bond motifs is 7. The summed E-state index contributed by atoms with van der Waals surface area (Å²) in [4.78, 5) is 2.36. The number of nitrogens with zero attached hydrogens (tertiary/aromatic N) is 1. The Morgan fingerprint density at radius 1 is 0.382 bits per heavy atom. The van der Waals surface area contributed by atoms with Gasteiger partial charge in [0.25, 0.3) is 0 Å². The predicted octanol–water partition coefficient (Wildman–Crippen LogP) is 15.6. The van der Waals surface area contributed by atoms with Crippen LogP contribution in [0.1, 0.15) is 0 Å². The fourth-order valence-electron chi connectivity index (χ4n) is 8.13. The lowest BCUT2D eigenvalue weighted by molar-refractivity contribution is 0.669. The van der Waals surface area contributed by atoms with Gasteiger partial charge in [0.1, 0.15) is 5.58 Å². The second-order valence-corrected chi connectivity index (χ2v) is 15.2. The summed E-state index contributed by atoms with van der Waals surface area (Å²) < 4.78 is 9.56. The molecule has 9 aromatic carbocycles. The molecule has 0 spiro atoms. The largest absolute Gasteiger partial charge is 0.454 e. The van der Waals surface area contributed by atoms with Gasteiger partial charge in [-0.2, -0.15) is 0 Å². The van der Waals surface area contributed by atoms with Gasteiger partial charge in [0.2, 0.25) is 0 Å². The van der Waals surface area contributed by atoms with Gasteiger partial charge >= 0.3 is 0 Å². The molecule has 0 aliphatic heterocycles. The van der Waals surface area contributed by atoms with Crippen molar-refractivity contribution in [3.63, 3.8) is 0 Å². The topological polar surface area (TPSA) is 16.4 Å². The van der Waals surface area contributed by atoms with Gasteiger partial charge < -0.3 is 9.32 Å². The van der Waals surface area contributed by atoms with Crippen LogP contribution >= 0.6 is 11.3 Å². The molecule has 0 amide bonds. The van der Waals surface area contributed by atoms with E-state index in [1.54, 1.807) is 0 Å². The van der Waals surface area contributed by atoms with Crippen LogP contribution in [0.15, 0.2) is 205 Å². The summed E-state index contributed by atoms with van der Waals surface area (Å²) in [7, 11) is 0. The minimum atomic E-state index is 0.858. The van der Waals surface area contributed by atoms with Crippen molar-refractivity contribution in [3.8, 4) is 33.4 Å². The van der Waals surface area contributed by atoms with Crippen molar-refractivity contribution in [2.75, 3.05) is 4.90 Å². The fourth-order valence-corrected chi connectivity index (χ4v) is 9.37. The van der Waals surface area contributed by atoms with Crippen molar-refractivity contribution in [3.05, 3.63) is 200 Å². The lowest BCUT2D eigenvalue weighted by Gasteiger charge is -2.26. The predicted molar refractivity (Wildman–Crippen MR) is 235 cm³/mol. The first kappa shape index (κ1) is 31.6. The Balaban J connectivity index is 1.13. The van der Waals surface area contributed by atoms with Crippen molar-refractivity contribution in [1.82, 2.24) is 0 Å². The first-order chi connectivity index (χ1) is 27.2. The molecule has 0 unspecified atom stereocenters. The highest BCUT2D eigenvalue weighted by atomic mass is 32.1. The number of hydrogen-bond acceptors (Lipinski definition) is 3. The van der Waals surface area contributed by atoms with E-state index >= 15 is 0 Å². The molecule has 0 aliphatic rings. The van der Waals surface area contributed by atoms with E-state index in [1.165, 1.54) is 47.8 Å². The van der Waals surface area contributed by atoms with Crippen LogP contribution in [0.3, 0.4) is 0 Å². The van der Waals surface area contributed by atoms with Crippen LogP contribution in [0, 0.1) is 0 Å². The molecule has 0 saturated heterocycles. The Morgan fingerprint density at radius 3 is 1.69 bits per heavy atom. The monoisotopic (exact) mass is 719 g/mol. The number of rotatable bonds is 6. The van der Waals surface area contributed by atoms with Gasteiger partial charge in [0.15, 0.2) is 5.58 Å². The minimum Gasteiger partial charge on any atom is -0.454 e. The van der Waals surface area contributed by atoms with Gasteiger partial charge in [0.05, 0.1) is 5.69 Å². The zero-order valence-corrected chi connectivity index (χ0v) is 30.6. The van der Waals surface area contributed by atoms with E-state index in [2.05, 4.69) is 205 Å². The SMILES string of the molecule is c1ccc(-c2ccc(N(c3ccc(-c4cccc5c4sc4ccccc45)cc3)c3cc(-c4ccccc4)cc4c3oc3cc5ccccc5cc34)cc2)cc1. The molecular formula is C52H33NOS. The number of thiophene rings is 1. The van der Waals surface area contributed by atoms with E-state index in [9.17, 15) is 0 Å². The van der Waals surface area contributed by atoms with Crippen LogP contribution in [-0.4, -0.2) is 0 Å². The highest BCUT2D eigenvalue weighted by Gasteiger charge is 2.22. The van der Waals surface area contributed by atoms with Crippen molar-refractivity contribution < 1.29 is 4.42 Å². The fraction of sp³-hybridized carbons (Fsp3) is 0. The molecule has 2 aromatic heterocycles. The van der Waals surface area contributed by atoms with Crippen LogP contribution in [-0.2, 0) is 0 Å². The van der Waals surface area contributed by atoms with E-state index in [0.717, 1.165) is 55.5 Å². The third-order valence-electron chi connectivity index (χ3n) is 10.8. The highest BCUT2D eigenvalue weighted by molar-refractivity contribution is 7.26.